The summed E-state index contributed by atoms with van der Waals surface area (Å²) in [5, 5.41) is 12.2. The fraction of sp³-hybridized carbons (Fsp3) is 0.217. The number of nitrogens with two attached hydrogens (primary N) is 1. The van der Waals surface area contributed by atoms with Crippen LogP contribution in [0.5, 0.6) is 0 Å². The van der Waals surface area contributed by atoms with E-state index in [0.717, 1.165) is 5.56 Å². The Morgan fingerprint density at radius 3 is 2.20 bits per heavy atom. The summed E-state index contributed by atoms with van der Waals surface area (Å²) in [7, 11) is 2.55. The van der Waals surface area contributed by atoms with Gasteiger partial charge in [-0.2, -0.15) is 0 Å². The number of aliphatic hydroxyl groups excluding tert-OH is 1. The van der Waals surface area contributed by atoms with E-state index in [0.29, 0.717) is 30.2 Å². The van der Waals surface area contributed by atoms with Crippen molar-refractivity contribution in [3.63, 3.8) is 0 Å². The molecule has 0 fully saturated rings. The van der Waals surface area contributed by atoms with Crippen molar-refractivity contribution in [2.24, 2.45) is 0 Å². The van der Waals surface area contributed by atoms with E-state index in [1.54, 1.807) is 18.2 Å². The number of rotatable bonds is 8. The van der Waals surface area contributed by atoms with E-state index in [1.165, 1.54) is 20.3 Å². The Labute approximate surface area is 174 Å². The van der Waals surface area contributed by atoms with Crippen molar-refractivity contribution < 1.29 is 33.9 Å². The van der Waals surface area contributed by atoms with E-state index >= 15 is 0 Å². The fourth-order valence-electron chi connectivity index (χ4n) is 3.08. The van der Waals surface area contributed by atoms with Gasteiger partial charge in [-0.3, -0.25) is 0 Å². The molecular weight excluding hydrogens is 386 g/mol. The lowest BCUT2D eigenvalue weighted by molar-refractivity contribution is -0.679. The highest BCUT2D eigenvalue weighted by molar-refractivity contribution is 5.97. The van der Waals surface area contributed by atoms with Crippen molar-refractivity contribution in [3.05, 3.63) is 83.1 Å². The lowest BCUT2D eigenvalue weighted by Gasteiger charge is -2.09. The number of furan rings is 1. The molecule has 1 atom stereocenters. The molecule has 0 saturated heterocycles. The van der Waals surface area contributed by atoms with Gasteiger partial charge in [0.25, 0.3) is 0 Å². The first-order valence-electron chi connectivity index (χ1n) is 9.47. The van der Waals surface area contributed by atoms with Crippen LogP contribution < -0.4 is 5.32 Å². The molecule has 3 aromatic rings. The second kappa shape index (κ2) is 9.87. The highest BCUT2D eigenvalue weighted by atomic mass is 16.5. The summed E-state index contributed by atoms with van der Waals surface area (Å²) in [6.07, 6.45) is -0.569. The molecule has 0 spiro atoms. The Hall–Kier alpha value is -3.42. The van der Waals surface area contributed by atoms with Crippen molar-refractivity contribution >= 4 is 11.9 Å². The van der Waals surface area contributed by atoms with Crippen molar-refractivity contribution in [1.29, 1.82) is 0 Å². The Bertz CT molecular complexity index is 977. The van der Waals surface area contributed by atoms with E-state index in [-0.39, 0.29) is 11.1 Å². The predicted octanol–water partition coefficient (Wildman–Crippen LogP) is 2.32. The highest BCUT2D eigenvalue weighted by Crippen LogP contribution is 2.25. The highest BCUT2D eigenvalue weighted by Gasteiger charge is 2.17. The second-order valence-corrected chi connectivity index (χ2v) is 6.70. The van der Waals surface area contributed by atoms with Gasteiger partial charge in [0.2, 0.25) is 0 Å². The van der Waals surface area contributed by atoms with Crippen LogP contribution in [-0.4, -0.2) is 37.8 Å². The first-order chi connectivity index (χ1) is 14.5. The van der Waals surface area contributed by atoms with E-state index in [1.807, 2.05) is 41.7 Å². The molecule has 2 aromatic carbocycles. The molecule has 3 N–H and O–H groups in total. The zero-order chi connectivity index (χ0) is 21.5. The Morgan fingerprint density at radius 1 is 0.967 bits per heavy atom. The molecule has 30 heavy (non-hydrogen) atoms. The van der Waals surface area contributed by atoms with Crippen LogP contribution in [0.2, 0.25) is 0 Å². The number of carbonyl (C=O) groups excluding carboxylic acids is 2. The number of ether oxygens (including phenoxy) is 2. The zero-order valence-electron chi connectivity index (χ0n) is 16.8. The molecule has 156 valence electrons. The van der Waals surface area contributed by atoms with Crippen LogP contribution in [-0.2, 0) is 16.0 Å². The summed E-state index contributed by atoms with van der Waals surface area (Å²) in [5.74, 6) is 0.0975. The van der Waals surface area contributed by atoms with Crippen LogP contribution in [0.25, 0.3) is 11.3 Å². The van der Waals surface area contributed by atoms with Gasteiger partial charge in [-0.15, -0.1) is 0 Å². The van der Waals surface area contributed by atoms with Gasteiger partial charge in [0, 0.05) is 5.56 Å². The van der Waals surface area contributed by atoms with Gasteiger partial charge in [0.15, 0.2) is 5.76 Å². The SMILES string of the molecule is COC(=O)c1cc(C(=O)OC)cc(-c2ccc(C[NH2+]C[C@H](O)c3ccccc3)o2)c1. The van der Waals surface area contributed by atoms with Crippen molar-refractivity contribution in [3.8, 4) is 11.3 Å². The first-order valence-corrected chi connectivity index (χ1v) is 9.47. The molecule has 0 aliphatic carbocycles. The molecule has 1 heterocycles. The topological polar surface area (TPSA) is 103 Å². The minimum absolute atomic E-state index is 0.228. The molecule has 0 radical (unpaired) electrons. The lowest BCUT2D eigenvalue weighted by Crippen LogP contribution is -2.83. The number of carbonyl (C=O) groups is 2. The van der Waals surface area contributed by atoms with E-state index < -0.39 is 18.0 Å². The summed E-state index contributed by atoms with van der Waals surface area (Å²) in [6, 6.07) is 17.7. The third-order valence-electron chi connectivity index (χ3n) is 4.64. The summed E-state index contributed by atoms with van der Waals surface area (Å²) in [5.41, 5.74) is 1.88. The number of benzene rings is 2. The van der Waals surface area contributed by atoms with E-state index in [2.05, 4.69) is 0 Å². The molecule has 0 bridgehead atoms. The Morgan fingerprint density at radius 2 is 1.60 bits per heavy atom. The number of hydrogen-bond acceptors (Lipinski definition) is 6. The standard InChI is InChI=1S/C23H23NO6/c1-28-22(26)17-10-16(11-18(12-17)23(27)29-2)21-9-8-19(30-21)13-24-14-20(25)15-6-4-3-5-7-15/h3-12,20,24-25H,13-14H2,1-2H3/p+1/t20-/m0/s1. The van der Waals surface area contributed by atoms with Crippen molar-refractivity contribution in [2.75, 3.05) is 20.8 Å². The summed E-state index contributed by atoms with van der Waals surface area (Å²) in [4.78, 5) is 23.9. The van der Waals surface area contributed by atoms with Gasteiger partial charge in [0.05, 0.1) is 25.3 Å². The molecule has 0 aliphatic heterocycles. The zero-order valence-corrected chi connectivity index (χ0v) is 16.8. The van der Waals surface area contributed by atoms with E-state index in [4.69, 9.17) is 13.9 Å². The molecular formula is C23H24NO6+. The third kappa shape index (κ3) is 5.14. The maximum Gasteiger partial charge on any atom is 0.337 e. The van der Waals surface area contributed by atoms with Gasteiger partial charge in [-0.1, -0.05) is 30.3 Å². The molecule has 0 saturated carbocycles. The minimum Gasteiger partial charge on any atom is -0.465 e. The summed E-state index contributed by atoms with van der Waals surface area (Å²) < 4.78 is 15.4. The number of methoxy groups -OCH3 is 2. The van der Waals surface area contributed by atoms with Crippen LogP contribution >= 0.6 is 0 Å². The molecule has 0 amide bonds. The van der Waals surface area contributed by atoms with Gasteiger partial charge >= 0.3 is 11.9 Å². The van der Waals surface area contributed by atoms with Gasteiger partial charge in [-0.25, -0.2) is 9.59 Å². The maximum absolute atomic E-state index is 12.0. The predicted molar refractivity (Wildman–Crippen MR) is 109 cm³/mol. The Balaban J connectivity index is 1.72. The van der Waals surface area contributed by atoms with Crippen molar-refractivity contribution in [2.45, 2.75) is 12.6 Å². The average molecular weight is 410 g/mol. The van der Waals surface area contributed by atoms with Gasteiger partial charge < -0.3 is 24.3 Å². The third-order valence-corrected chi connectivity index (χ3v) is 4.64. The average Bonchev–Trinajstić information content (AvgIpc) is 3.27. The molecule has 7 nitrogen and oxygen atoms in total. The normalized spacial score (nSPS) is 11.7. The number of esters is 2. The van der Waals surface area contributed by atoms with Crippen LogP contribution in [0.4, 0.5) is 0 Å². The molecule has 0 unspecified atom stereocenters. The number of quaternary nitrogens is 1. The fourth-order valence-corrected chi connectivity index (χ4v) is 3.08. The molecule has 0 aliphatic rings. The molecule has 7 heteroatoms. The molecule has 1 aromatic heterocycles. The van der Waals surface area contributed by atoms with Crippen LogP contribution in [0.3, 0.4) is 0 Å². The van der Waals surface area contributed by atoms with Gasteiger partial charge in [-0.05, 0) is 35.9 Å². The first kappa shape index (κ1) is 21.3. The second-order valence-electron chi connectivity index (χ2n) is 6.70. The van der Waals surface area contributed by atoms with Gasteiger partial charge in [0.1, 0.15) is 25.0 Å². The largest absolute Gasteiger partial charge is 0.465 e. The van der Waals surface area contributed by atoms with Crippen LogP contribution in [0.1, 0.15) is 38.1 Å². The smallest absolute Gasteiger partial charge is 0.337 e. The summed E-state index contributed by atoms with van der Waals surface area (Å²) >= 11 is 0. The monoisotopic (exact) mass is 410 g/mol. The number of aliphatic hydroxyl groups is 1. The lowest BCUT2D eigenvalue weighted by atomic mass is 10.0. The van der Waals surface area contributed by atoms with Crippen LogP contribution in [0, 0.1) is 0 Å². The Kier molecular flexibility index (Phi) is 7.00. The van der Waals surface area contributed by atoms with E-state index in [9.17, 15) is 14.7 Å². The molecule has 3 rings (SSSR count). The van der Waals surface area contributed by atoms with Crippen LogP contribution in [0.15, 0.2) is 65.1 Å². The van der Waals surface area contributed by atoms with Crippen molar-refractivity contribution in [1.82, 2.24) is 0 Å². The summed E-state index contributed by atoms with van der Waals surface area (Å²) in [6.45, 7) is 1.02. The minimum atomic E-state index is -0.569. The maximum atomic E-state index is 12.0. The number of hydrogen-bond donors (Lipinski definition) is 2. The quantitative estimate of drug-likeness (QED) is 0.553.